The minimum absolute atomic E-state index is 0.464. The predicted octanol–water partition coefficient (Wildman–Crippen LogP) is 3.89. The van der Waals surface area contributed by atoms with Crippen molar-refractivity contribution in [2.24, 2.45) is 17.8 Å². The van der Waals surface area contributed by atoms with Gasteiger partial charge in [-0.15, -0.1) is 0 Å². The van der Waals surface area contributed by atoms with E-state index >= 15 is 0 Å². The molecule has 0 saturated heterocycles. The molecule has 0 spiro atoms. The molecule has 4 bridgehead atoms. The lowest BCUT2D eigenvalue weighted by Crippen LogP contribution is -2.58. The van der Waals surface area contributed by atoms with Crippen molar-refractivity contribution in [2.75, 3.05) is 7.11 Å². The Bertz CT molecular complexity index is 475. The van der Waals surface area contributed by atoms with Crippen LogP contribution in [0.25, 0.3) is 0 Å². The first-order valence-electron chi connectivity index (χ1n) is 8.56. The summed E-state index contributed by atoms with van der Waals surface area (Å²) in [6, 6.07) is 8.84. The summed E-state index contributed by atoms with van der Waals surface area (Å²) in [7, 11) is 1.76. The van der Waals surface area contributed by atoms with Gasteiger partial charge in [0.25, 0.3) is 0 Å². The summed E-state index contributed by atoms with van der Waals surface area (Å²) in [5.41, 5.74) is 3.15. The topological polar surface area (TPSA) is 21.3 Å². The molecule has 0 amide bonds. The Morgan fingerprint density at radius 1 is 1.05 bits per heavy atom. The molecule has 0 unspecified atom stereocenters. The average molecular weight is 285 g/mol. The molecule has 0 radical (unpaired) electrons. The number of hydrogen-bond acceptors (Lipinski definition) is 2. The highest BCUT2D eigenvalue weighted by Crippen LogP contribution is 2.55. The van der Waals surface area contributed by atoms with E-state index in [1.54, 1.807) is 7.11 Å². The first kappa shape index (κ1) is 13.8. The molecule has 0 heterocycles. The number of nitrogens with one attached hydrogen (secondary N) is 1. The molecule has 1 aromatic rings. The molecule has 1 aromatic carbocycles. The van der Waals surface area contributed by atoms with E-state index in [1.807, 2.05) is 0 Å². The number of benzene rings is 1. The molecule has 4 fully saturated rings. The second-order valence-corrected chi connectivity index (χ2v) is 7.80. The largest absolute Gasteiger partial charge is 0.380 e. The van der Waals surface area contributed by atoms with Crippen molar-refractivity contribution >= 4 is 0 Å². The van der Waals surface area contributed by atoms with Crippen LogP contribution in [0.1, 0.15) is 49.7 Å². The van der Waals surface area contributed by atoms with Crippen LogP contribution in [-0.2, 0) is 17.9 Å². The van der Waals surface area contributed by atoms with Gasteiger partial charge in [0.15, 0.2) is 0 Å². The highest BCUT2D eigenvalue weighted by Gasteiger charge is 2.50. The number of ether oxygens (including phenoxy) is 1. The van der Waals surface area contributed by atoms with Crippen molar-refractivity contribution < 1.29 is 4.74 Å². The predicted molar refractivity (Wildman–Crippen MR) is 84.9 cm³/mol. The summed E-state index contributed by atoms with van der Waals surface area (Å²) in [5, 5.41) is 3.97. The highest BCUT2D eigenvalue weighted by atomic mass is 16.5. The van der Waals surface area contributed by atoms with E-state index in [0.29, 0.717) is 12.1 Å². The molecule has 21 heavy (non-hydrogen) atoms. The monoisotopic (exact) mass is 285 g/mol. The molecule has 4 aliphatic carbocycles. The second-order valence-electron chi connectivity index (χ2n) is 7.80. The maximum Gasteiger partial charge on any atom is 0.0713 e. The zero-order chi connectivity index (χ0) is 14.3. The van der Waals surface area contributed by atoms with E-state index in [0.717, 1.165) is 24.3 Å². The van der Waals surface area contributed by atoms with Gasteiger partial charge in [0.05, 0.1) is 6.61 Å². The number of hydrogen-bond donors (Lipinski definition) is 1. The molecule has 4 saturated carbocycles. The van der Waals surface area contributed by atoms with Gasteiger partial charge in [0.2, 0.25) is 0 Å². The van der Waals surface area contributed by atoms with Gasteiger partial charge in [-0.3, -0.25) is 0 Å². The van der Waals surface area contributed by atoms with Crippen molar-refractivity contribution in [3.63, 3.8) is 0 Å². The van der Waals surface area contributed by atoms with Gasteiger partial charge in [0, 0.05) is 19.2 Å². The van der Waals surface area contributed by atoms with Crippen LogP contribution in [0.2, 0.25) is 0 Å². The van der Waals surface area contributed by atoms with Gasteiger partial charge in [-0.1, -0.05) is 24.3 Å². The number of methoxy groups -OCH3 is 1. The Balaban J connectivity index is 1.43. The fourth-order valence-electron chi connectivity index (χ4n) is 5.61. The SMILES string of the molecule is COCc1cccc(CNC23CC4CC(CC(C4)C2)C3)c1. The lowest BCUT2D eigenvalue weighted by atomic mass is 9.53. The fraction of sp³-hybridized carbons (Fsp3) is 0.684. The molecular weight excluding hydrogens is 258 g/mol. The maximum absolute atomic E-state index is 5.24. The molecule has 1 N–H and O–H groups in total. The lowest BCUT2D eigenvalue weighted by molar-refractivity contribution is -0.0206. The molecule has 5 rings (SSSR count). The fourth-order valence-corrected chi connectivity index (χ4v) is 5.61. The van der Waals surface area contributed by atoms with E-state index in [9.17, 15) is 0 Å². The zero-order valence-electron chi connectivity index (χ0n) is 13.1. The van der Waals surface area contributed by atoms with Gasteiger partial charge < -0.3 is 10.1 Å². The van der Waals surface area contributed by atoms with Crippen molar-refractivity contribution in [1.29, 1.82) is 0 Å². The normalized spacial score (nSPS) is 37.1. The molecule has 0 aliphatic heterocycles. The van der Waals surface area contributed by atoms with Crippen LogP contribution >= 0.6 is 0 Å². The Hall–Kier alpha value is -0.860. The third-order valence-electron chi connectivity index (χ3n) is 6.01. The molecule has 0 aromatic heterocycles. The smallest absolute Gasteiger partial charge is 0.0713 e. The van der Waals surface area contributed by atoms with E-state index in [1.165, 1.54) is 49.7 Å². The van der Waals surface area contributed by atoms with Crippen LogP contribution in [-0.4, -0.2) is 12.6 Å². The van der Waals surface area contributed by atoms with Crippen molar-refractivity contribution in [3.8, 4) is 0 Å². The van der Waals surface area contributed by atoms with Gasteiger partial charge in [0.1, 0.15) is 0 Å². The first-order valence-corrected chi connectivity index (χ1v) is 8.56. The Morgan fingerprint density at radius 2 is 1.67 bits per heavy atom. The third-order valence-corrected chi connectivity index (χ3v) is 6.01. The van der Waals surface area contributed by atoms with Gasteiger partial charge in [-0.2, -0.15) is 0 Å². The lowest BCUT2D eigenvalue weighted by Gasteiger charge is -2.57. The Morgan fingerprint density at radius 3 is 2.29 bits per heavy atom. The van der Waals surface area contributed by atoms with E-state index in [-0.39, 0.29) is 0 Å². The van der Waals surface area contributed by atoms with E-state index in [2.05, 4.69) is 29.6 Å². The van der Waals surface area contributed by atoms with Crippen molar-refractivity contribution in [2.45, 2.75) is 57.2 Å². The van der Waals surface area contributed by atoms with Crippen molar-refractivity contribution in [3.05, 3.63) is 35.4 Å². The molecule has 2 heteroatoms. The summed E-state index contributed by atoms with van der Waals surface area (Å²) < 4.78 is 5.24. The van der Waals surface area contributed by atoms with Crippen LogP contribution < -0.4 is 5.32 Å². The standard InChI is InChI=1S/C19H27NO/c1-21-13-15-4-2-3-14(5-15)12-20-19-9-16-6-17(10-19)8-18(7-16)11-19/h2-5,16-18,20H,6-13H2,1H3. The molecular formula is C19H27NO. The molecule has 114 valence electrons. The summed E-state index contributed by atoms with van der Waals surface area (Å²) in [5.74, 6) is 3.05. The maximum atomic E-state index is 5.24. The first-order chi connectivity index (χ1) is 10.2. The van der Waals surface area contributed by atoms with Crippen LogP contribution in [0.4, 0.5) is 0 Å². The van der Waals surface area contributed by atoms with Gasteiger partial charge in [-0.25, -0.2) is 0 Å². The van der Waals surface area contributed by atoms with E-state index < -0.39 is 0 Å². The van der Waals surface area contributed by atoms with Crippen molar-refractivity contribution in [1.82, 2.24) is 5.32 Å². The summed E-state index contributed by atoms with van der Waals surface area (Å²) >= 11 is 0. The van der Waals surface area contributed by atoms with Crippen LogP contribution in [0.3, 0.4) is 0 Å². The third kappa shape index (κ3) is 2.76. The van der Waals surface area contributed by atoms with Crippen LogP contribution in [0.5, 0.6) is 0 Å². The Kier molecular flexibility index (Phi) is 3.55. The van der Waals surface area contributed by atoms with Gasteiger partial charge >= 0.3 is 0 Å². The minimum atomic E-state index is 0.464. The van der Waals surface area contributed by atoms with E-state index in [4.69, 9.17) is 4.74 Å². The summed E-state index contributed by atoms with van der Waals surface area (Å²) in [4.78, 5) is 0. The Labute approximate surface area is 128 Å². The summed E-state index contributed by atoms with van der Waals surface area (Å²) in [6.07, 6.45) is 8.84. The van der Waals surface area contributed by atoms with Crippen LogP contribution in [0, 0.1) is 17.8 Å². The van der Waals surface area contributed by atoms with Crippen LogP contribution in [0.15, 0.2) is 24.3 Å². The molecule has 2 nitrogen and oxygen atoms in total. The summed E-state index contributed by atoms with van der Waals surface area (Å²) in [6.45, 7) is 1.73. The second kappa shape index (κ2) is 5.40. The quantitative estimate of drug-likeness (QED) is 0.886. The molecule has 4 aliphatic rings. The minimum Gasteiger partial charge on any atom is -0.380 e. The highest BCUT2D eigenvalue weighted by molar-refractivity contribution is 5.23. The number of rotatable bonds is 5. The van der Waals surface area contributed by atoms with Gasteiger partial charge in [-0.05, 0) is 67.4 Å². The molecule has 0 atom stereocenters. The average Bonchev–Trinajstić information content (AvgIpc) is 2.45. The zero-order valence-corrected chi connectivity index (χ0v) is 13.1.